The first-order valence-corrected chi connectivity index (χ1v) is 3.27. The van der Waals surface area contributed by atoms with Crippen molar-refractivity contribution in [1.82, 2.24) is 15.0 Å². The molecule has 1 aromatic heterocycles. The Labute approximate surface area is 70.0 Å². The number of terminal acetylenes is 1. The molecule has 2 N–H and O–H groups in total. The predicted molar refractivity (Wildman–Crippen MR) is 43.3 cm³/mol. The van der Waals surface area contributed by atoms with Gasteiger partial charge in [0.1, 0.15) is 5.82 Å². The van der Waals surface area contributed by atoms with Crippen molar-refractivity contribution >= 4 is 5.95 Å². The van der Waals surface area contributed by atoms with Gasteiger partial charge in [0.2, 0.25) is 5.95 Å². The molecule has 1 rings (SSSR count). The van der Waals surface area contributed by atoms with Crippen LogP contribution >= 0.6 is 0 Å². The zero-order valence-corrected chi connectivity index (χ0v) is 6.61. The lowest BCUT2D eigenvalue weighted by Crippen LogP contribution is -2.05. The number of nitrogens with two attached hydrogens (primary N) is 1. The van der Waals surface area contributed by atoms with E-state index in [4.69, 9.17) is 16.9 Å². The lowest BCUT2D eigenvalue weighted by Gasteiger charge is -2.00. The topological polar surface area (TPSA) is 73.9 Å². The Morgan fingerprint density at radius 3 is 2.83 bits per heavy atom. The quantitative estimate of drug-likeness (QED) is 0.611. The third kappa shape index (κ3) is 2.09. The van der Waals surface area contributed by atoms with E-state index in [1.807, 2.05) is 0 Å². The first kappa shape index (κ1) is 8.27. The SMILES string of the molecule is C#CCOc1nc(C)nc(N)n1. The number of aryl methyl sites for hydroxylation is 1. The summed E-state index contributed by atoms with van der Waals surface area (Å²) in [7, 11) is 0. The van der Waals surface area contributed by atoms with E-state index in [0.29, 0.717) is 5.82 Å². The molecular formula is C7H8N4O. The maximum absolute atomic E-state index is 5.34. The van der Waals surface area contributed by atoms with Crippen molar-refractivity contribution in [1.29, 1.82) is 0 Å². The van der Waals surface area contributed by atoms with Gasteiger partial charge in [-0.25, -0.2) is 0 Å². The van der Waals surface area contributed by atoms with E-state index < -0.39 is 0 Å². The molecule has 0 unspecified atom stereocenters. The lowest BCUT2D eigenvalue weighted by atomic mass is 10.7. The van der Waals surface area contributed by atoms with E-state index in [9.17, 15) is 0 Å². The largest absolute Gasteiger partial charge is 0.450 e. The van der Waals surface area contributed by atoms with Gasteiger partial charge in [-0.2, -0.15) is 15.0 Å². The second-order valence-corrected chi connectivity index (χ2v) is 2.02. The van der Waals surface area contributed by atoms with Gasteiger partial charge in [0.15, 0.2) is 6.61 Å². The standard InChI is InChI=1S/C7H8N4O/c1-3-4-12-7-10-5(2)9-6(8)11-7/h1H,4H2,2H3,(H2,8,9,10,11). The molecule has 12 heavy (non-hydrogen) atoms. The van der Waals surface area contributed by atoms with Crippen LogP contribution in [0.5, 0.6) is 6.01 Å². The second kappa shape index (κ2) is 3.53. The van der Waals surface area contributed by atoms with Crippen molar-refractivity contribution in [3.63, 3.8) is 0 Å². The summed E-state index contributed by atoms with van der Waals surface area (Å²) in [5.74, 6) is 2.93. The van der Waals surface area contributed by atoms with E-state index in [0.717, 1.165) is 0 Å². The van der Waals surface area contributed by atoms with Crippen molar-refractivity contribution < 1.29 is 4.74 Å². The second-order valence-electron chi connectivity index (χ2n) is 2.02. The summed E-state index contributed by atoms with van der Waals surface area (Å²) in [6.45, 7) is 1.82. The number of anilines is 1. The molecule has 1 aromatic rings. The van der Waals surface area contributed by atoms with Crippen LogP contribution in [0.25, 0.3) is 0 Å². The van der Waals surface area contributed by atoms with Gasteiger partial charge >= 0.3 is 6.01 Å². The summed E-state index contributed by atoms with van der Waals surface area (Å²) < 4.78 is 4.94. The van der Waals surface area contributed by atoms with E-state index in [-0.39, 0.29) is 18.6 Å². The van der Waals surface area contributed by atoms with Crippen LogP contribution in [-0.4, -0.2) is 21.6 Å². The van der Waals surface area contributed by atoms with Gasteiger partial charge in [-0.3, -0.25) is 0 Å². The summed E-state index contributed by atoms with van der Waals surface area (Å²) in [6.07, 6.45) is 4.98. The summed E-state index contributed by atoms with van der Waals surface area (Å²) in [5, 5.41) is 0. The molecule has 0 aliphatic heterocycles. The fourth-order valence-corrected chi connectivity index (χ4v) is 0.648. The molecule has 0 aliphatic rings. The Bertz CT molecular complexity index is 297. The number of ether oxygens (including phenoxy) is 1. The lowest BCUT2D eigenvalue weighted by molar-refractivity contribution is 0.338. The summed E-state index contributed by atoms with van der Waals surface area (Å²) in [5.41, 5.74) is 5.34. The molecule has 0 radical (unpaired) electrons. The molecular weight excluding hydrogens is 156 g/mol. The van der Waals surface area contributed by atoms with Crippen LogP contribution in [0.4, 0.5) is 5.95 Å². The third-order valence-corrected chi connectivity index (χ3v) is 1.03. The average molecular weight is 164 g/mol. The minimum Gasteiger partial charge on any atom is -0.450 e. The van der Waals surface area contributed by atoms with Crippen molar-refractivity contribution in [2.75, 3.05) is 12.3 Å². The van der Waals surface area contributed by atoms with Crippen LogP contribution in [0.1, 0.15) is 5.82 Å². The fraction of sp³-hybridized carbons (Fsp3) is 0.286. The molecule has 5 heteroatoms. The first-order chi connectivity index (χ1) is 5.72. The molecule has 0 saturated heterocycles. The molecule has 0 saturated carbocycles. The summed E-state index contributed by atoms with van der Waals surface area (Å²) >= 11 is 0. The summed E-state index contributed by atoms with van der Waals surface area (Å²) in [4.78, 5) is 11.3. The maximum Gasteiger partial charge on any atom is 0.322 e. The monoisotopic (exact) mass is 164 g/mol. The molecule has 0 spiro atoms. The molecule has 5 nitrogen and oxygen atoms in total. The molecule has 62 valence electrons. The molecule has 0 aromatic carbocycles. The minimum atomic E-state index is 0.128. The van der Waals surface area contributed by atoms with Crippen LogP contribution in [0.3, 0.4) is 0 Å². The van der Waals surface area contributed by atoms with Crippen LogP contribution in [0.2, 0.25) is 0 Å². The van der Waals surface area contributed by atoms with Crippen molar-refractivity contribution in [2.45, 2.75) is 6.92 Å². The highest BCUT2D eigenvalue weighted by atomic mass is 16.5. The third-order valence-electron chi connectivity index (χ3n) is 1.03. The van der Waals surface area contributed by atoms with E-state index in [1.165, 1.54) is 0 Å². The van der Waals surface area contributed by atoms with Crippen LogP contribution in [0.15, 0.2) is 0 Å². The smallest absolute Gasteiger partial charge is 0.322 e. The Kier molecular flexibility index (Phi) is 2.43. The number of nitrogen functional groups attached to an aromatic ring is 1. The molecule has 0 atom stereocenters. The number of hydrogen-bond donors (Lipinski definition) is 1. The molecule has 0 amide bonds. The summed E-state index contributed by atoms with van der Waals surface area (Å²) in [6, 6.07) is 0.165. The highest BCUT2D eigenvalue weighted by Crippen LogP contribution is 2.03. The van der Waals surface area contributed by atoms with E-state index in [1.54, 1.807) is 6.92 Å². The average Bonchev–Trinajstić information content (AvgIpc) is 1.99. The van der Waals surface area contributed by atoms with Gasteiger partial charge in [-0.1, -0.05) is 5.92 Å². The normalized spacial score (nSPS) is 9.00. The molecule has 1 heterocycles. The zero-order valence-electron chi connectivity index (χ0n) is 6.61. The van der Waals surface area contributed by atoms with E-state index >= 15 is 0 Å². The van der Waals surface area contributed by atoms with Crippen LogP contribution < -0.4 is 10.5 Å². The number of rotatable bonds is 2. The Hall–Kier alpha value is -1.83. The first-order valence-electron chi connectivity index (χ1n) is 3.27. The Morgan fingerprint density at radius 1 is 1.50 bits per heavy atom. The van der Waals surface area contributed by atoms with Gasteiger partial charge in [-0.15, -0.1) is 6.42 Å². The Morgan fingerprint density at radius 2 is 2.25 bits per heavy atom. The Balaban J connectivity index is 2.80. The van der Waals surface area contributed by atoms with Crippen molar-refractivity contribution in [3.8, 4) is 18.4 Å². The van der Waals surface area contributed by atoms with Gasteiger partial charge in [0.05, 0.1) is 0 Å². The molecule has 0 aliphatic carbocycles. The van der Waals surface area contributed by atoms with Crippen LogP contribution in [-0.2, 0) is 0 Å². The van der Waals surface area contributed by atoms with Gasteiger partial charge in [-0.05, 0) is 6.92 Å². The van der Waals surface area contributed by atoms with Crippen molar-refractivity contribution in [3.05, 3.63) is 5.82 Å². The number of hydrogen-bond acceptors (Lipinski definition) is 5. The van der Waals surface area contributed by atoms with Crippen LogP contribution in [0, 0.1) is 19.3 Å². The number of aromatic nitrogens is 3. The van der Waals surface area contributed by atoms with Gasteiger partial charge < -0.3 is 10.5 Å². The highest BCUT2D eigenvalue weighted by Gasteiger charge is 1.99. The maximum atomic E-state index is 5.34. The molecule has 0 fully saturated rings. The van der Waals surface area contributed by atoms with E-state index in [2.05, 4.69) is 20.9 Å². The van der Waals surface area contributed by atoms with Crippen molar-refractivity contribution in [2.24, 2.45) is 0 Å². The zero-order chi connectivity index (χ0) is 8.97. The van der Waals surface area contributed by atoms with Gasteiger partial charge in [0, 0.05) is 0 Å². The molecule has 0 bridgehead atoms. The number of nitrogens with zero attached hydrogens (tertiary/aromatic N) is 3. The highest BCUT2D eigenvalue weighted by molar-refractivity contribution is 5.17. The predicted octanol–water partition coefficient (Wildman–Crippen LogP) is -0.226. The van der Waals surface area contributed by atoms with Gasteiger partial charge in [0.25, 0.3) is 0 Å². The fourth-order valence-electron chi connectivity index (χ4n) is 0.648. The minimum absolute atomic E-state index is 0.128.